The summed E-state index contributed by atoms with van der Waals surface area (Å²) in [5.74, 6) is -0.591. The van der Waals surface area contributed by atoms with E-state index in [0.717, 1.165) is 23.3 Å². The van der Waals surface area contributed by atoms with E-state index >= 15 is 0 Å². The van der Waals surface area contributed by atoms with Gasteiger partial charge in [-0.1, -0.05) is 6.07 Å². The monoisotopic (exact) mass is 403 g/mol. The van der Waals surface area contributed by atoms with Crippen molar-refractivity contribution in [2.24, 2.45) is 11.5 Å². The van der Waals surface area contributed by atoms with E-state index in [1.807, 2.05) is 6.07 Å². The number of pyridine rings is 1. The molecule has 9 nitrogen and oxygen atoms in total. The van der Waals surface area contributed by atoms with Crippen LogP contribution in [0.4, 0.5) is 14.6 Å². The van der Waals surface area contributed by atoms with Crippen LogP contribution in [0.5, 0.6) is 0 Å². The minimum atomic E-state index is -0.775. The number of likely N-dealkylation sites (tertiary alicyclic amines) is 1. The normalized spacial score (nSPS) is 16.9. The summed E-state index contributed by atoms with van der Waals surface area (Å²) in [7, 11) is 0. The second kappa shape index (κ2) is 8.70. The summed E-state index contributed by atoms with van der Waals surface area (Å²) in [5.41, 5.74) is 11.6. The van der Waals surface area contributed by atoms with E-state index in [0.29, 0.717) is 18.0 Å². The summed E-state index contributed by atoms with van der Waals surface area (Å²) in [6, 6.07) is 3.95. The van der Waals surface area contributed by atoms with Gasteiger partial charge < -0.3 is 21.1 Å². The number of carbonyl (C=O) groups is 3. The predicted molar refractivity (Wildman–Crippen MR) is 105 cm³/mol. The smallest absolute Gasteiger partial charge is 0.341 e. The van der Waals surface area contributed by atoms with Gasteiger partial charge in [0, 0.05) is 29.4 Å². The highest BCUT2D eigenvalue weighted by Crippen LogP contribution is 2.36. The molecule has 4 amide bonds. The highest BCUT2D eigenvalue weighted by Gasteiger charge is 2.26. The van der Waals surface area contributed by atoms with Crippen LogP contribution >= 0.6 is 11.3 Å². The molecule has 1 atom stereocenters. The number of thiophene rings is 1. The Morgan fingerprint density at radius 2 is 2.11 bits per heavy atom. The van der Waals surface area contributed by atoms with E-state index < -0.39 is 24.1 Å². The predicted octanol–water partition coefficient (Wildman–Crippen LogP) is 2.39. The van der Waals surface area contributed by atoms with Gasteiger partial charge in [0.1, 0.15) is 11.1 Å². The largest absolute Gasteiger partial charge is 0.457 e. The second-order valence-electron chi connectivity index (χ2n) is 6.39. The zero-order valence-corrected chi connectivity index (χ0v) is 15.9. The average Bonchev–Trinajstić information content (AvgIpc) is 2.92. The maximum absolute atomic E-state index is 12.8. The molecule has 1 fully saturated rings. The minimum absolute atomic E-state index is 0.206. The van der Waals surface area contributed by atoms with Gasteiger partial charge in [0.25, 0.3) is 0 Å². The molecule has 3 heterocycles. The number of hydrogen-bond donors (Lipinski definition) is 3. The van der Waals surface area contributed by atoms with Crippen LogP contribution < -0.4 is 16.8 Å². The second-order valence-corrected chi connectivity index (χ2v) is 7.44. The van der Waals surface area contributed by atoms with E-state index in [1.54, 1.807) is 24.5 Å². The van der Waals surface area contributed by atoms with Crippen molar-refractivity contribution in [3.8, 4) is 10.4 Å². The number of nitrogens with two attached hydrogens (primary N) is 2. The molecule has 2 aromatic rings. The molecule has 1 aliphatic rings. The fraction of sp³-hybridized carbons (Fsp3) is 0.333. The van der Waals surface area contributed by atoms with Gasteiger partial charge >= 0.3 is 18.0 Å². The number of aromatic nitrogens is 1. The molecular weight excluding hydrogens is 382 g/mol. The number of anilines is 1. The number of nitrogens with one attached hydrogen (secondary N) is 1. The first-order valence-corrected chi connectivity index (χ1v) is 9.61. The highest BCUT2D eigenvalue weighted by molar-refractivity contribution is 7.20. The van der Waals surface area contributed by atoms with Gasteiger partial charge in [-0.2, -0.15) is 0 Å². The number of urea groups is 2. The quantitative estimate of drug-likeness (QED) is 0.672. The van der Waals surface area contributed by atoms with Gasteiger partial charge in [-0.25, -0.2) is 14.4 Å². The standard InChI is InChI=1S/C18H21N5O4S/c19-17(25)22-15-13(8-14(28-15)11-4-3-6-21-9-11)16(24)27-12-5-1-2-7-23(10-12)18(20)26/h3-4,6,8-9,12H,1-2,5,7,10H2,(H2,20,26)(H3,19,22,25). The number of esters is 1. The Hall–Kier alpha value is -3.14. The van der Waals surface area contributed by atoms with Gasteiger partial charge in [0.05, 0.1) is 12.1 Å². The molecule has 5 N–H and O–H groups in total. The Balaban J connectivity index is 1.82. The van der Waals surface area contributed by atoms with Crippen molar-refractivity contribution in [3.05, 3.63) is 36.2 Å². The Labute approximate surface area is 165 Å². The van der Waals surface area contributed by atoms with E-state index in [1.165, 1.54) is 16.2 Å². The Morgan fingerprint density at radius 3 is 2.79 bits per heavy atom. The Bertz CT molecular complexity index is 870. The molecule has 3 rings (SSSR count). The lowest BCUT2D eigenvalue weighted by atomic mass is 10.2. The van der Waals surface area contributed by atoms with Crippen LogP contribution in [0.25, 0.3) is 10.4 Å². The van der Waals surface area contributed by atoms with E-state index in [-0.39, 0.29) is 12.1 Å². The van der Waals surface area contributed by atoms with Gasteiger partial charge in [0.2, 0.25) is 0 Å². The van der Waals surface area contributed by atoms with Crippen molar-refractivity contribution in [2.75, 3.05) is 18.4 Å². The zero-order valence-electron chi connectivity index (χ0n) is 15.1. The molecule has 1 aliphatic heterocycles. The number of carbonyl (C=O) groups excluding carboxylic acids is 3. The first-order chi connectivity index (χ1) is 13.4. The van der Waals surface area contributed by atoms with Crippen LogP contribution in [0.2, 0.25) is 0 Å². The van der Waals surface area contributed by atoms with Crippen LogP contribution in [0.3, 0.4) is 0 Å². The minimum Gasteiger partial charge on any atom is -0.457 e. The molecule has 0 spiro atoms. The number of nitrogens with zero attached hydrogens (tertiary/aromatic N) is 2. The number of rotatable bonds is 4. The lowest BCUT2D eigenvalue weighted by Gasteiger charge is -2.22. The van der Waals surface area contributed by atoms with Crippen LogP contribution in [-0.2, 0) is 4.74 Å². The van der Waals surface area contributed by atoms with Crippen molar-refractivity contribution in [2.45, 2.75) is 25.4 Å². The summed E-state index contributed by atoms with van der Waals surface area (Å²) in [6.45, 7) is 0.792. The molecular formula is C18H21N5O4S. The number of ether oxygens (including phenoxy) is 1. The molecule has 0 bridgehead atoms. The van der Waals surface area contributed by atoms with Crippen molar-refractivity contribution >= 4 is 34.4 Å². The Kier molecular flexibility index (Phi) is 6.09. The summed E-state index contributed by atoms with van der Waals surface area (Å²) < 4.78 is 5.62. The van der Waals surface area contributed by atoms with E-state index in [2.05, 4.69) is 10.3 Å². The average molecular weight is 403 g/mol. The fourth-order valence-electron chi connectivity index (χ4n) is 3.01. The van der Waals surface area contributed by atoms with Crippen molar-refractivity contribution < 1.29 is 19.1 Å². The Morgan fingerprint density at radius 1 is 1.29 bits per heavy atom. The molecule has 148 valence electrons. The molecule has 0 aliphatic carbocycles. The third-order valence-electron chi connectivity index (χ3n) is 4.35. The fourth-order valence-corrected chi connectivity index (χ4v) is 4.05. The van der Waals surface area contributed by atoms with Gasteiger partial charge in [-0.05, 0) is 31.4 Å². The molecule has 0 radical (unpaired) electrons. The first kappa shape index (κ1) is 19.6. The molecule has 0 aromatic carbocycles. The zero-order chi connectivity index (χ0) is 20.1. The summed E-state index contributed by atoms with van der Waals surface area (Å²) in [4.78, 5) is 41.9. The lowest BCUT2D eigenvalue weighted by molar-refractivity contribution is 0.0242. The molecule has 28 heavy (non-hydrogen) atoms. The third-order valence-corrected chi connectivity index (χ3v) is 5.45. The lowest BCUT2D eigenvalue weighted by Crippen LogP contribution is -2.41. The third kappa shape index (κ3) is 4.77. The van der Waals surface area contributed by atoms with Gasteiger partial charge in [0.15, 0.2) is 0 Å². The van der Waals surface area contributed by atoms with Gasteiger partial charge in [-0.3, -0.25) is 10.3 Å². The van der Waals surface area contributed by atoms with E-state index in [9.17, 15) is 14.4 Å². The maximum atomic E-state index is 12.8. The summed E-state index contributed by atoms with van der Waals surface area (Å²) in [6.07, 6.45) is 5.09. The summed E-state index contributed by atoms with van der Waals surface area (Å²) >= 11 is 1.20. The molecule has 2 aromatic heterocycles. The van der Waals surface area contributed by atoms with Crippen molar-refractivity contribution in [1.82, 2.24) is 9.88 Å². The maximum Gasteiger partial charge on any atom is 0.341 e. The van der Waals surface area contributed by atoms with Gasteiger partial charge in [-0.15, -0.1) is 11.3 Å². The van der Waals surface area contributed by atoms with Crippen LogP contribution in [0, 0.1) is 0 Å². The molecule has 0 saturated carbocycles. The summed E-state index contributed by atoms with van der Waals surface area (Å²) in [5, 5.41) is 2.78. The number of primary amides is 2. The SMILES string of the molecule is NC(=O)Nc1sc(-c2cccnc2)cc1C(=O)OC1CCCCN(C(N)=O)C1. The molecule has 10 heteroatoms. The van der Waals surface area contributed by atoms with Crippen LogP contribution in [-0.4, -0.2) is 47.1 Å². The van der Waals surface area contributed by atoms with Crippen LogP contribution in [0.1, 0.15) is 29.6 Å². The highest BCUT2D eigenvalue weighted by atomic mass is 32.1. The molecule has 1 saturated heterocycles. The van der Waals surface area contributed by atoms with Crippen molar-refractivity contribution in [3.63, 3.8) is 0 Å². The van der Waals surface area contributed by atoms with Crippen LogP contribution in [0.15, 0.2) is 30.6 Å². The number of hydrogen-bond acceptors (Lipinski definition) is 6. The topological polar surface area (TPSA) is 141 Å². The van der Waals surface area contributed by atoms with E-state index in [4.69, 9.17) is 16.2 Å². The number of amides is 4. The van der Waals surface area contributed by atoms with Crippen molar-refractivity contribution in [1.29, 1.82) is 0 Å². The first-order valence-electron chi connectivity index (χ1n) is 8.80. The molecule has 1 unspecified atom stereocenters.